The molecule has 34 heavy (non-hydrogen) atoms. The molecule has 4 nitrogen and oxygen atoms in total. The van der Waals surface area contributed by atoms with Gasteiger partial charge >= 0.3 is 0 Å². The molecule has 0 saturated carbocycles. The zero-order valence-electron chi connectivity index (χ0n) is 20.4. The smallest absolute Gasteiger partial charge is 0.227 e. The Morgan fingerprint density at radius 3 is 2.38 bits per heavy atom. The number of nitrogens with zero attached hydrogens (tertiary/aromatic N) is 1. The Morgan fingerprint density at radius 1 is 1.06 bits per heavy atom. The second-order valence-electron chi connectivity index (χ2n) is 9.63. The van der Waals surface area contributed by atoms with Crippen molar-refractivity contribution in [3.8, 4) is 11.4 Å². The molecule has 0 unspecified atom stereocenters. The standard InChI is InChI=1S/C29H31FN2O2/c1-18(2)27-26(29(4,5)28(31)33)23-16-22(34-17-20-9-7-6-8-10-20)12-14-25(23)32(27)21-11-13-24(30)19(3)15-21/h6-16,18H,17H2,1-5H3,(H2,31,33). The Balaban J connectivity index is 1.96. The number of carbonyl (C=O) groups excluding carboxylic acids is 1. The molecular formula is C29H31FN2O2. The summed E-state index contributed by atoms with van der Waals surface area (Å²) in [4.78, 5) is 12.6. The third kappa shape index (κ3) is 4.18. The van der Waals surface area contributed by atoms with Crippen molar-refractivity contribution in [2.75, 3.05) is 0 Å². The molecule has 0 bridgehead atoms. The number of primary amides is 1. The largest absolute Gasteiger partial charge is 0.489 e. The highest BCUT2D eigenvalue weighted by Gasteiger charge is 2.36. The Hall–Kier alpha value is -3.60. The molecule has 0 spiro atoms. The van der Waals surface area contributed by atoms with E-state index in [9.17, 15) is 9.18 Å². The molecule has 0 saturated heterocycles. The highest BCUT2D eigenvalue weighted by Crippen LogP contribution is 2.42. The molecular weight excluding hydrogens is 427 g/mol. The van der Waals surface area contributed by atoms with E-state index in [0.29, 0.717) is 17.9 Å². The molecule has 1 heterocycles. The van der Waals surface area contributed by atoms with E-state index in [2.05, 4.69) is 18.4 Å². The molecule has 176 valence electrons. The molecule has 0 atom stereocenters. The van der Waals surface area contributed by atoms with E-state index in [1.54, 1.807) is 13.0 Å². The third-order valence-corrected chi connectivity index (χ3v) is 6.41. The summed E-state index contributed by atoms with van der Waals surface area (Å²) >= 11 is 0. The minimum absolute atomic E-state index is 0.0834. The minimum Gasteiger partial charge on any atom is -0.489 e. The number of hydrogen-bond donors (Lipinski definition) is 1. The zero-order chi connectivity index (χ0) is 24.6. The van der Waals surface area contributed by atoms with Crippen LogP contribution in [-0.4, -0.2) is 10.5 Å². The summed E-state index contributed by atoms with van der Waals surface area (Å²) < 4.78 is 22.3. The first-order chi connectivity index (χ1) is 16.1. The number of amides is 1. The topological polar surface area (TPSA) is 57.2 Å². The van der Waals surface area contributed by atoms with Gasteiger partial charge in [0.05, 0.1) is 10.9 Å². The molecule has 0 radical (unpaired) electrons. The summed E-state index contributed by atoms with van der Waals surface area (Å²) in [6, 6.07) is 21.0. The van der Waals surface area contributed by atoms with Crippen molar-refractivity contribution in [3.05, 3.63) is 94.9 Å². The van der Waals surface area contributed by atoms with Crippen LogP contribution >= 0.6 is 0 Å². The van der Waals surface area contributed by atoms with E-state index in [0.717, 1.165) is 33.4 Å². The summed E-state index contributed by atoms with van der Waals surface area (Å²) in [6.45, 7) is 10.1. The first-order valence-corrected chi connectivity index (χ1v) is 11.5. The van der Waals surface area contributed by atoms with Gasteiger partial charge < -0.3 is 15.0 Å². The lowest BCUT2D eigenvalue weighted by atomic mass is 9.80. The lowest BCUT2D eigenvalue weighted by Crippen LogP contribution is -2.36. The number of aryl methyl sites for hydroxylation is 1. The van der Waals surface area contributed by atoms with Gasteiger partial charge in [-0.3, -0.25) is 4.79 Å². The van der Waals surface area contributed by atoms with Crippen LogP contribution in [0.25, 0.3) is 16.6 Å². The van der Waals surface area contributed by atoms with Gasteiger partial charge in [0, 0.05) is 16.8 Å². The fourth-order valence-corrected chi connectivity index (χ4v) is 4.49. The van der Waals surface area contributed by atoms with Gasteiger partial charge in [0.25, 0.3) is 0 Å². The van der Waals surface area contributed by atoms with Crippen LogP contribution in [0.5, 0.6) is 5.75 Å². The fraction of sp³-hybridized carbons (Fsp3) is 0.276. The SMILES string of the molecule is Cc1cc(-n2c(C(C)C)c(C(C)(C)C(N)=O)c3cc(OCc4ccccc4)ccc32)ccc1F. The number of rotatable bonds is 7. The number of nitrogens with two attached hydrogens (primary N) is 1. The number of benzene rings is 3. The Morgan fingerprint density at radius 2 is 1.76 bits per heavy atom. The fourth-order valence-electron chi connectivity index (χ4n) is 4.49. The molecule has 4 aromatic rings. The average Bonchev–Trinajstić information content (AvgIpc) is 3.15. The molecule has 0 aliphatic carbocycles. The van der Waals surface area contributed by atoms with E-state index in [1.165, 1.54) is 6.07 Å². The highest BCUT2D eigenvalue weighted by atomic mass is 19.1. The Labute approximate surface area is 200 Å². The van der Waals surface area contributed by atoms with Gasteiger partial charge in [0.1, 0.15) is 18.2 Å². The van der Waals surface area contributed by atoms with Crippen LogP contribution in [0.15, 0.2) is 66.7 Å². The second kappa shape index (κ2) is 8.98. The van der Waals surface area contributed by atoms with Gasteiger partial charge in [-0.1, -0.05) is 44.2 Å². The summed E-state index contributed by atoms with van der Waals surface area (Å²) in [6.07, 6.45) is 0. The van der Waals surface area contributed by atoms with Gasteiger partial charge in [0.15, 0.2) is 0 Å². The maximum atomic E-state index is 14.1. The maximum Gasteiger partial charge on any atom is 0.227 e. The normalized spacial score (nSPS) is 11.9. The lowest BCUT2D eigenvalue weighted by Gasteiger charge is -2.25. The lowest BCUT2D eigenvalue weighted by molar-refractivity contribution is -0.122. The molecule has 1 amide bonds. The summed E-state index contributed by atoms with van der Waals surface area (Å²) in [5, 5.41) is 0.903. The highest BCUT2D eigenvalue weighted by molar-refractivity contribution is 5.97. The number of halogens is 1. The van der Waals surface area contributed by atoms with Crippen molar-refractivity contribution in [3.63, 3.8) is 0 Å². The van der Waals surface area contributed by atoms with Crippen LogP contribution in [-0.2, 0) is 16.8 Å². The molecule has 4 rings (SSSR count). The van der Waals surface area contributed by atoms with Gasteiger partial charge in [-0.05, 0) is 79.8 Å². The third-order valence-electron chi connectivity index (χ3n) is 6.41. The average molecular weight is 459 g/mol. The van der Waals surface area contributed by atoms with Gasteiger partial charge in [-0.2, -0.15) is 0 Å². The van der Waals surface area contributed by atoms with Crippen LogP contribution in [0.2, 0.25) is 0 Å². The molecule has 5 heteroatoms. The molecule has 0 aliphatic rings. The van der Waals surface area contributed by atoms with E-state index in [1.807, 2.05) is 68.4 Å². The van der Waals surface area contributed by atoms with Gasteiger partial charge in [0.2, 0.25) is 5.91 Å². The molecule has 2 N–H and O–H groups in total. The Kier molecular flexibility index (Phi) is 6.22. The van der Waals surface area contributed by atoms with E-state index < -0.39 is 11.3 Å². The van der Waals surface area contributed by atoms with Crippen molar-refractivity contribution in [2.24, 2.45) is 5.73 Å². The molecule has 3 aromatic carbocycles. The predicted octanol–water partition coefficient (Wildman–Crippen LogP) is 6.54. The summed E-state index contributed by atoms with van der Waals surface area (Å²) in [5.74, 6) is 0.139. The van der Waals surface area contributed by atoms with E-state index in [4.69, 9.17) is 10.5 Å². The molecule has 0 aliphatic heterocycles. The van der Waals surface area contributed by atoms with Crippen LogP contribution in [0.4, 0.5) is 4.39 Å². The Bertz CT molecular complexity index is 1350. The van der Waals surface area contributed by atoms with Crippen molar-refractivity contribution in [2.45, 2.75) is 52.6 Å². The van der Waals surface area contributed by atoms with Crippen LogP contribution < -0.4 is 10.5 Å². The van der Waals surface area contributed by atoms with Gasteiger partial charge in [-0.25, -0.2) is 4.39 Å². The molecule has 1 aromatic heterocycles. The summed E-state index contributed by atoms with van der Waals surface area (Å²) in [7, 11) is 0. The van der Waals surface area contributed by atoms with Crippen LogP contribution in [0.1, 0.15) is 56.0 Å². The first kappa shape index (κ1) is 23.6. The van der Waals surface area contributed by atoms with Crippen molar-refractivity contribution in [1.82, 2.24) is 4.57 Å². The van der Waals surface area contributed by atoms with Gasteiger partial charge in [-0.15, -0.1) is 0 Å². The zero-order valence-corrected chi connectivity index (χ0v) is 20.4. The van der Waals surface area contributed by atoms with E-state index in [-0.39, 0.29) is 11.7 Å². The minimum atomic E-state index is -0.920. The number of aromatic nitrogens is 1. The number of hydrogen-bond acceptors (Lipinski definition) is 2. The number of fused-ring (bicyclic) bond motifs is 1. The number of carbonyl (C=O) groups is 1. The van der Waals surface area contributed by atoms with Crippen LogP contribution in [0.3, 0.4) is 0 Å². The quantitative estimate of drug-likeness (QED) is 0.342. The van der Waals surface area contributed by atoms with E-state index >= 15 is 0 Å². The maximum absolute atomic E-state index is 14.1. The summed E-state index contributed by atoms with van der Waals surface area (Å²) in [5.41, 5.74) is 10.2. The van der Waals surface area contributed by atoms with Crippen LogP contribution in [0, 0.1) is 12.7 Å². The van der Waals surface area contributed by atoms with Crippen molar-refractivity contribution in [1.29, 1.82) is 0 Å². The monoisotopic (exact) mass is 458 g/mol. The van der Waals surface area contributed by atoms with Crippen molar-refractivity contribution >= 4 is 16.8 Å². The predicted molar refractivity (Wildman–Crippen MR) is 135 cm³/mol. The second-order valence-corrected chi connectivity index (χ2v) is 9.63. The number of ether oxygens (including phenoxy) is 1. The molecule has 0 fully saturated rings. The van der Waals surface area contributed by atoms with Crippen molar-refractivity contribution < 1.29 is 13.9 Å². The first-order valence-electron chi connectivity index (χ1n) is 11.5.